The summed E-state index contributed by atoms with van der Waals surface area (Å²) in [5.74, 6) is 0.480. The molecule has 4 heteroatoms. The summed E-state index contributed by atoms with van der Waals surface area (Å²) in [4.78, 5) is 12.2. The molecule has 0 saturated heterocycles. The van der Waals surface area contributed by atoms with Crippen LogP contribution in [0.2, 0.25) is 0 Å². The molecule has 0 aliphatic heterocycles. The second kappa shape index (κ2) is 8.03. The predicted molar refractivity (Wildman–Crippen MR) is 89.5 cm³/mol. The molecule has 0 radical (unpaired) electrons. The monoisotopic (exact) mass is 312 g/mol. The van der Waals surface area contributed by atoms with Crippen molar-refractivity contribution >= 4 is 12.0 Å². The number of ether oxygens (including phenoxy) is 3. The lowest BCUT2D eigenvalue weighted by Crippen LogP contribution is -2.11. The number of esters is 1. The minimum atomic E-state index is -0.448. The first-order valence-corrected chi connectivity index (χ1v) is 7.29. The van der Waals surface area contributed by atoms with E-state index >= 15 is 0 Å². The summed E-state index contributed by atoms with van der Waals surface area (Å²) in [6.45, 7) is 1.78. The molecule has 0 aliphatic rings. The zero-order chi connectivity index (χ0) is 16.7. The lowest BCUT2D eigenvalue weighted by molar-refractivity contribution is -0.139. The van der Waals surface area contributed by atoms with E-state index in [1.165, 1.54) is 6.26 Å². The van der Waals surface area contributed by atoms with E-state index in [9.17, 15) is 4.79 Å². The molecule has 0 amide bonds. The van der Waals surface area contributed by atoms with Crippen LogP contribution in [-0.2, 0) is 9.53 Å². The number of rotatable bonds is 6. The van der Waals surface area contributed by atoms with E-state index in [1.54, 1.807) is 39.4 Å². The van der Waals surface area contributed by atoms with E-state index in [0.717, 1.165) is 11.1 Å². The highest BCUT2D eigenvalue weighted by atomic mass is 16.5. The third-order valence-electron chi connectivity index (χ3n) is 3.50. The third kappa shape index (κ3) is 4.36. The van der Waals surface area contributed by atoms with Crippen LogP contribution in [-0.4, -0.2) is 20.2 Å². The van der Waals surface area contributed by atoms with Crippen molar-refractivity contribution < 1.29 is 19.0 Å². The number of hydrogen-bond acceptors (Lipinski definition) is 4. The van der Waals surface area contributed by atoms with Gasteiger partial charge in [0.2, 0.25) is 0 Å². The van der Waals surface area contributed by atoms with Gasteiger partial charge in [-0.25, -0.2) is 0 Å². The lowest BCUT2D eigenvalue weighted by atomic mass is 10.00. The molecule has 0 aromatic heterocycles. The molecular formula is C19H20O4. The average Bonchev–Trinajstić information content (AvgIpc) is 2.61. The van der Waals surface area contributed by atoms with Crippen molar-refractivity contribution in [2.75, 3.05) is 14.2 Å². The first-order chi connectivity index (χ1) is 11.2. The van der Waals surface area contributed by atoms with Crippen LogP contribution in [0.4, 0.5) is 0 Å². The molecule has 0 saturated carbocycles. The molecule has 2 aromatic carbocycles. The molecule has 1 unspecified atom stereocenters. The SMILES string of the molecule is COc1ccc(C(C)C(=O)OC=Cc2ccccc2)c(OC)c1. The highest BCUT2D eigenvalue weighted by molar-refractivity contribution is 5.79. The topological polar surface area (TPSA) is 44.8 Å². The summed E-state index contributed by atoms with van der Waals surface area (Å²) in [5, 5.41) is 0. The second-order valence-electron chi connectivity index (χ2n) is 4.98. The highest BCUT2D eigenvalue weighted by Crippen LogP contribution is 2.31. The molecule has 0 fully saturated rings. The Morgan fingerprint density at radius 2 is 1.78 bits per heavy atom. The fourth-order valence-electron chi connectivity index (χ4n) is 2.15. The Morgan fingerprint density at radius 3 is 2.43 bits per heavy atom. The standard InChI is InChI=1S/C19H20O4/c1-14(17-10-9-16(21-2)13-18(17)22-3)19(20)23-12-11-15-7-5-4-6-8-15/h4-14H,1-3H3. The fourth-order valence-corrected chi connectivity index (χ4v) is 2.15. The third-order valence-corrected chi connectivity index (χ3v) is 3.50. The van der Waals surface area contributed by atoms with Gasteiger partial charge < -0.3 is 14.2 Å². The number of hydrogen-bond donors (Lipinski definition) is 0. The van der Waals surface area contributed by atoms with Gasteiger partial charge in [0.05, 0.1) is 26.4 Å². The Labute approximate surface area is 136 Å². The molecule has 0 aliphatic carbocycles. The van der Waals surface area contributed by atoms with E-state index in [1.807, 2.05) is 36.4 Å². The summed E-state index contributed by atoms with van der Waals surface area (Å²) in [5.41, 5.74) is 1.72. The lowest BCUT2D eigenvalue weighted by Gasteiger charge is -2.14. The molecule has 0 spiro atoms. The summed E-state index contributed by atoms with van der Waals surface area (Å²) >= 11 is 0. The summed E-state index contributed by atoms with van der Waals surface area (Å²) in [7, 11) is 3.14. The molecule has 1 atom stereocenters. The largest absolute Gasteiger partial charge is 0.497 e. The van der Waals surface area contributed by atoms with E-state index in [0.29, 0.717) is 11.5 Å². The van der Waals surface area contributed by atoms with E-state index < -0.39 is 5.92 Å². The van der Waals surface area contributed by atoms with Gasteiger partial charge in [0.15, 0.2) is 0 Å². The van der Waals surface area contributed by atoms with Crippen molar-refractivity contribution in [3.8, 4) is 11.5 Å². The summed E-state index contributed by atoms with van der Waals surface area (Å²) in [6.07, 6.45) is 3.15. The average molecular weight is 312 g/mol. The van der Waals surface area contributed by atoms with Gasteiger partial charge in [-0.15, -0.1) is 0 Å². The van der Waals surface area contributed by atoms with Crippen LogP contribution in [0.5, 0.6) is 11.5 Å². The van der Waals surface area contributed by atoms with Gasteiger partial charge in [-0.3, -0.25) is 4.79 Å². The predicted octanol–water partition coefficient (Wildman–Crippen LogP) is 4.02. The van der Waals surface area contributed by atoms with Gasteiger partial charge in [-0.05, 0) is 24.6 Å². The molecule has 0 bridgehead atoms. The van der Waals surface area contributed by atoms with Gasteiger partial charge in [0.25, 0.3) is 0 Å². The van der Waals surface area contributed by atoms with Crippen LogP contribution in [0.25, 0.3) is 6.08 Å². The zero-order valence-corrected chi connectivity index (χ0v) is 13.5. The van der Waals surface area contributed by atoms with Crippen molar-refractivity contribution in [2.24, 2.45) is 0 Å². The van der Waals surface area contributed by atoms with Crippen molar-refractivity contribution in [1.29, 1.82) is 0 Å². The Bertz CT molecular complexity index is 677. The fraction of sp³-hybridized carbons (Fsp3) is 0.211. The van der Waals surface area contributed by atoms with Crippen molar-refractivity contribution in [2.45, 2.75) is 12.8 Å². The molecule has 0 heterocycles. The number of benzene rings is 2. The van der Waals surface area contributed by atoms with Crippen molar-refractivity contribution in [1.82, 2.24) is 0 Å². The molecule has 120 valence electrons. The Hall–Kier alpha value is -2.75. The molecule has 23 heavy (non-hydrogen) atoms. The normalized spacial score (nSPS) is 12.0. The number of methoxy groups -OCH3 is 2. The van der Waals surface area contributed by atoms with Crippen LogP contribution < -0.4 is 9.47 Å². The van der Waals surface area contributed by atoms with E-state index in [4.69, 9.17) is 14.2 Å². The Kier molecular flexibility index (Phi) is 5.80. The summed E-state index contributed by atoms with van der Waals surface area (Å²) < 4.78 is 15.7. The second-order valence-corrected chi connectivity index (χ2v) is 4.98. The molecule has 2 rings (SSSR count). The van der Waals surface area contributed by atoms with Gasteiger partial charge in [0.1, 0.15) is 11.5 Å². The number of carbonyl (C=O) groups is 1. The van der Waals surface area contributed by atoms with Crippen molar-refractivity contribution in [3.05, 3.63) is 65.9 Å². The quantitative estimate of drug-likeness (QED) is 0.597. The van der Waals surface area contributed by atoms with Crippen LogP contribution in [0.15, 0.2) is 54.8 Å². The van der Waals surface area contributed by atoms with Crippen molar-refractivity contribution in [3.63, 3.8) is 0 Å². The van der Waals surface area contributed by atoms with Gasteiger partial charge in [0, 0.05) is 11.6 Å². The van der Waals surface area contributed by atoms with E-state index in [-0.39, 0.29) is 5.97 Å². The first kappa shape index (κ1) is 16.6. The smallest absolute Gasteiger partial charge is 0.318 e. The highest BCUT2D eigenvalue weighted by Gasteiger charge is 2.20. The first-order valence-electron chi connectivity index (χ1n) is 7.29. The molecule has 4 nitrogen and oxygen atoms in total. The minimum absolute atomic E-state index is 0.347. The number of carbonyl (C=O) groups excluding carboxylic acids is 1. The maximum atomic E-state index is 12.2. The minimum Gasteiger partial charge on any atom is -0.497 e. The Morgan fingerprint density at radius 1 is 1.04 bits per heavy atom. The maximum absolute atomic E-state index is 12.2. The van der Waals surface area contributed by atoms with Gasteiger partial charge in [-0.1, -0.05) is 36.4 Å². The van der Waals surface area contributed by atoms with E-state index in [2.05, 4.69) is 0 Å². The van der Waals surface area contributed by atoms with Gasteiger partial charge >= 0.3 is 5.97 Å². The van der Waals surface area contributed by atoms with Gasteiger partial charge in [-0.2, -0.15) is 0 Å². The Balaban J connectivity index is 2.06. The molecule has 2 aromatic rings. The van der Waals surface area contributed by atoms with Crippen LogP contribution in [0.1, 0.15) is 24.0 Å². The van der Waals surface area contributed by atoms with Crippen LogP contribution in [0.3, 0.4) is 0 Å². The summed E-state index contributed by atoms with van der Waals surface area (Å²) in [6, 6.07) is 15.0. The van der Waals surface area contributed by atoms with Crippen LogP contribution >= 0.6 is 0 Å². The molecule has 0 N–H and O–H groups in total. The molecular weight excluding hydrogens is 292 g/mol. The van der Waals surface area contributed by atoms with Crippen LogP contribution in [0, 0.1) is 0 Å². The zero-order valence-electron chi connectivity index (χ0n) is 13.5. The maximum Gasteiger partial charge on any atom is 0.318 e.